The molecule has 3 saturated carbocycles. The van der Waals surface area contributed by atoms with Crippen molar-refractivity contribution in [3.8, 4) is 0 Å². The van der Waals surface area contributed by atoms with Crippen LogP contribution in [0.5, 0.6) is 0 Å². The lowest BCUT2D eigenvalue weighted by molar-refractivity contribution is -0.106. The van der Waals surface area contributed by atoms with E-state index in [1.807, 2.05) is 0 Å². The lowest BCUT2D eigenvalue weighted by atomic mass is 9.46. The Bertz CT molecular complexity index is 689. The number of fused-ring (bicyclic) bond motifs is 5. The van der Waals surface area contributed by atoms with E-state index in [-0.39, 0.29) is 17.6 Å². The van der Waals surface area contributed by atoms with Gasteiger partial charge in [-0.25, -0.2) is 0 Å². The number of allylic oxidation sites excluding steroid dienone is 1. The Hall–Kier alpha value is 0.01000. The van der Waals surface area contributed by atoms with Crippen LogP contribution < -0.4 is 0 Å². The average molecular weight is 477 g/mol. The smallest absolute Gasteiger partial charge is 0.0871 e. The van der Waals surface area contributed by atoms with Gasteiger partial charge in [0.15, 0.2) is 0 Å². The molecule has 33 heavy (non-hydrogen) atoms. The minimum atomic E-state index is -0.323. The number of hydrogen-bond donors (Lipinski definition) is 2. The van der Waals surface area contributed by atoms with Crippen LogP contribution >= 0.6 is 12.6 Å². The summed E-state index contributed by atoms with van der Waals surface area (Å²) in [5.41, 5.74) is 2.31. The van der Waals surface area contributed by atoms with E-state index in [2.05, 4.69) is 53.3 Å². The Morgan fingerprint density at radius 2 is 1.88 bits per heavy atom. The van der Waals surface area contributed by atoms with Crippen molar-refractivity contribution in [2.75, 3.05) is 12.4 Å². The third-order valence-corrected chi connectivity index (χ3v) is 11.3. The molecule has 3 fully saturated rings. The van der Waals surface area contributed by atoms with Gasteiger partial charge in [-0.15, -0.1) is 0 Å². The molecule has 1 N–H and O–H groups in total. The lowest BCUT2D eigenvalue weighted by Crippen LogP contribution is -2.53. The number of aliphatic hydroxyl groups is 1. The normalized spacial score (nSPS) is 43.6. The Kier molecular flexibility index (Phi) is 8.34. The Labute approximate surface area is 210 Å². The zero-order valence-corrected chi connectivity index (χ0v) is 23.1. The Morgan fingerprint density at radius 3 is 2.61 bits per heavy atom. The number of ether oxygens (including phenoxy) is 1. The Balaban J connectivity index is 1.45. The molecule has 0 aromatic rings. The maximum absolute atomic E-state index is 11.1. The van der Waals surface area contributed by atoms with Crippen molar-refractivity contribution >= 4 is 12.6 Å². The highest BCUT2D eigenvalue weighted by Crippen LogP contribution is 2.67. The predicted molar refractivity (Wildman–Crippen MR) is 143 cm³/mol. The lowest BCUT2D eigenvalue weighted by Gasteiger charge is -2.59. The first-order valence-corrected chi connectivity index (χ1v) is 14.9. The molecular formula is C30H52O2S. The van der Waals surface area contributed by atoms with Gasteiger partial charge in [0.25, 0.3) is 0 Å². The predicted octanol–water partition coefficient (Wildman–Crippen LogP) is 7.70. The van der Waals surface area contributed by atoms with Crippen molar-refractivity contribution in [1.29, 1.82) is 0 Å². The van der Waals surface area contributed by atoms with Crippen LogP contribution in [0.3, 0.4) is 0 Å². The van der Waals surface area contributed by atoms with Gasteiger partial charge in [-0.05, 0) is 103 Å². The van der Waals surface area contributed by atoms with Crippen molar-refractivity contribution < 1.29 is 9.84 Å². The molecule has 4 aliphatic carbocycles. The number of rotatable bonds is 9. The first-order chi connectivity index (χ1) is 15.7. The summed E-state index contributed by atoms with van der Waals surface area (Å²) in [7, 11) is 0. The first-order valence-electron chi connectivity index (χ1n) is 14.3. The monoisotopic (exact) mass is 476 g/mol. The van der Waals surface area contributed by atoms with Gasteiger partial charge in [-0.1, -0.05) is 65.5 Å². The summed E-state index contributed by atoms with van der Waals surface area (Å²) < 4.78 is 6.10. The molecule has 0 aromatic carbocycles. The van der Waals surface area contributed by atoms with Gasteiger partial charge in [-0.3, -0.25) is 0 Å². The zero-order valence-electron chi connectivity index (χ0n) is 22.2. The quantitative estimate of drug-likeness (QED) is 0.203. The molecule has 4 rings (SSSR count). The van der Waals surface area contributed by atoms with Crippen molar-refractivity contribution in [3.05, 3.63) is 11.6 Å². The second-order valence-electron chi connectivity index (χ2n) is 13.3. The van der Waals surface area contributed by atoms with Crippen LogP contribution in [0.15, 0.2) is 11.6 Å². The van der Waals surface area contributed by atoms with Crippen LogP contribution in [-0.4, -0.2) is 29.7 Å². The van der Waals surface area contributed by atoms with Gasteiger partial charge in [-0.2, -0.15) is 12.6 Å². The minimum Gasteiger partial charge on any atom is -0.390 e. The molecule has 0 radical (unpaired) electrons. The topological polar surface area (TPSA) is 29.5 Å². The zero-order chi connectivity index (χ0) is 23.8. The molecule has 4 aliphatic rings. The molecule has 0 aromatic heterocycles. The molecule has 9 atom stereocenters. The number of aliphatic hydroxyl groups excluding tert-OH is 1. The number of hydrogen-bond acceptors (Lipinski definition) is 3. The fourth-order valence-electron chi connectivity index (χ4n) is 9.17. The highest BCUT2D eigenvalue weighted by atomic mass is 32.1. The average Bonchev–Trinajstić information content (AvgIpc) is 3.11. The van der Waals surface area contributed by atoms with E-state index in [0.29, 0.717) is 5.41 Å². The summed E-state index contributed by atoms with van der Waals surface area (Å²) in [4.78, 5) is 0. The molecule has 2 nitrogen and oxygen atoms in total. The van der Waals surface area contributed by atoms with Crippen molar-refractivity contribution in [2.24, 2.45) is 46.3 Å². The van der Waals surface area contributed by atoms with Gasteiger partial charge in [0.2, 0.25) is 0 Å². The standard InChI is InChI=1S/C30H52O2S/c1-20(2)8-6-9-21(3)24-12-13-25-23-11-10-22-18-28(32-16-7-17-33)27(31)19-30(22,5)26(23)14-15-29(24,25)4/h10,20-21,23-28,31,33H,6-9,11-19H2,1-5H3/t21-,23?,24-,25?,26?,27?,28-,29-,30+/m1/s1. The fourth-order valence-corrected chi connectivity index (χ4v) is 9.30. The second-order valence-corrected chi connectivity index (χ2v) is 13.7. The molecule has 0 amide bonds. The number of thiol groups is 1. The summed E-state index contributed by atoms with van der Waals surface area (Å²) in [6, 6.07) is 0. The molecule has 3 heteroatoms. The molecular weight excluding hydrogens is 424 g/mol. The van der Waals surface area contributed by atoms with E-state index in [4.69, 9.17) is 4.74 Å². The Morgan fingerprint density at radius 1 is 1.09 bits per heavy atom. The SMILES string of the molecule is CC(C)CCC[C@@H](C)[C@H]1CCC2C3CC=C4C[C@@H](OCCCS)C(O)C[C@]4(C)C3CC[C@@]21C. The summed E-state index contributed by atoms with van der Waals surface area (Å²) in [6.07, 6.45) is 16.2. The summed E-state index contributed by atoms with van der Waals surface area (Å²) in [5, 5.41) is 11.1. The van der Waals surface area contributed by atoms with Crippen LogP contribution in [0.1, 0.15) is 105 Å². The minimum absolute atomic E-state index is 0.0165. The highest BCUT2D eigenvalue weighted by molar-refractivity contribution is 7.80. The second kappa shape index (κ2) is 10.6. The van der Waals surface area contributed by atoms with Gasteiger partial charge in [0.1, 0.15) is 0 Å². The molecule has 0 aliphatic heterocycles. The largest absolute Gasteiger partial charge is 0.390 e. The van der Waals surface area contributed by atoms with E-state index >= 15 is 0 Å². The van der Waals surface area contributed by atoms with Crippen molar-refractivity contribution in [3.63, 3.8) is 0 Å². The summed E-state index contributed by atoms with van der Waals surface area (Å²) in [5.74, 6) is 5.91. The maximum Gasteiger partial charge on any atom is 0.0871 e. The van der Waals surface area contributed by atoms with Crippen LogP contribution in [0.25, 0.3) is 0 Å². The third kappa shape index (κ3) is 4.99. The van der Waals surface area contributed by atoms with Crippen LogP contribution in [0.2, 0.25) is 0 Å². The van der Waals surface area contributed by atoms with E-state index in [0.717, 1.165) is 67.1 Å². The fraction of sp³-hybridized carbons (Fsp3) is 0.933. The molecule has 190 valence electrons. The summed E-state index contributed by atoms with van der Waals surface area (Å²) >= 11 is 4.31. The van der Waals surface area contributed by atoms with E-state index in [1.54, 1.807) is 5.57 Å². The van der Waals surface area contributed by atoms with Crippen molar-refractivity contribution in [1.82, 2.24) is 0 Å². The van der Waals surface area contributed by atoms with E-state index in [9.17, 15) is 5.11 Å². The highest BCUT2D eigenvalue weighted by Gasteiger charge is 2.59. The van der Waals surface area contributed by atoms with Gasteiger partial charge >= 0.3 is 0 Å². The van der Waals surface area contributed by atoms with Crippen LogP contribution in [-0.2, 0) is 4.74 Å². The van der Waals surface area contributed by atoms with E-state index in [1.165, 1.54) is 51.4 Å². The van der Waals surface area contributed by atoms with Crippen LogP contribution in [0, 0.1) is 46.3 Å². The maximum atomic E-state index is 11.1. The van der Waals surface area contributed by atoms with E-state index < -0.39 is 0 Å². The van der Waals surface area contributed by atoms with Crippen LogP contribution in [0.4, 0.5) is 0 Å². The molecule has 0 saturated heterocycles. The first kappa shape index (κ1) is 26.1. The molecule has 0 heterocycles. The van der Waals surface area contributed by atoms with Gasteiger partial charge in [0.05, 0.1) is 12.2 Å². The molecule has 0 bridgehead atoms. The van der Waals surface area contributed by atoms with Gasteiger partial charge < -0.3 is 9.84 Å². The van der Waals surface area contributed by atoms with Gasteiger partial charge in [0, 0.05) is 6.61 Å². The third-order valence-electron chi connectivity index (χ3n) is 10.9. The van der Waals surface area contributed by atoms with Crippen molar-refractivity contribution in [2.45, 2.75) is 117 Å². The molecule has 0 spiro atoms. The summed E-state index contributed by atoms with van der Waals surface area (Å²) in [6.45, 7) is 13.2. The molecule has 4 unspecified atom stereocenters.